The summed E-state index contributed by atoms with van der Waals surface area (Å²) >= 11 is 0.793. The van der Waals surface area contributed by atoms with Gasteiger partial charge < -0.3 is 5.11 Å². The minimum atomic E-state index is -1.27. The smallest absolute Gasteiger partial charge is 0.327 e. The molecule has 0 unspecified atom stereocenters. The molecular weight excluding hydrogens is 234 g/mol. The summed E-state index contributed by atoms with van der Waals surface area (Å²) in [5.74, 6) is -2.33. The quantitative estimate of drug-likeness (QED) is 0.693. The Kier molecular flexibility index (Phi) is 4.05. The fourth-order valence-corrected chi connectivity index (χ4v) is 2.08. The van der Waals surface area contributed by atoms with Crippen LogP contribution in [0.5, 0.6) is 0 Å². The van der Waals surface area contributed by atoms with E-state index in [4.69, 9.17) is 5.11 Å². The number of carboxylic acid groups (broad SMARTS) is 1. The maximum atomic E-state index is 11.3. The first kappa shape index (κ1) is 12.7. The summed E-state index contributed by atoms with van der Waals surface area (Å²) in [6.45, 7) is 1.30. The predicted octanol–water partition coefficient (Wildman–Crippen LogP) is -0.132. The normalized spacial score (nSPS) is 17.7. The molecule has 0 spiro atoms. The van der Waals surface area contributed by atoms with E-state index in [9.17, 15) is 19.2 Å². The number of rotatable bonds is 4. The molecule has 0 aromatic carbocycles. The molecule has 0 radical (unpaired) electrons. The Hall–Kier alpha value is -1.37. The minimum Gasteiger partial charge on any atom is -0.480 e. The highest BCUT2D eigenvalue weighted by Crippen LogP contribution is 2.19. The second-order valence-corrected chi connectivity index (χ2v) is 4.51. The highest BCUT2D eigenvalue weighted by molar-refractivity contribution is 8.13. The zero-order valence-electron chi connectivity index (χ0n) is 8.63. The molecule has 0 aromatic rings. The van der Waals surface area contributed by atoms with E-state index < -0.39 is 23.8 Å². The van der Waals surface area contributed by atoms with Gasteiger partial charge in [0.25, 0.3) is 0 Å². The van der Waals surface area contributed by atoms with Gasteiger partial charge in [0.2, 0.25) is 11.8 Å². The molecule has 2 amide bonds. The predicted molar refractivity (Wildman–Crippen MR) is 55.6 cm³/mol. The first-order valence-electron chi connectivity index (χ1n) is 4.64. The molecule has 1 atom stereocenters. The SMILES string of the molecule is CC(=O)SC[C@H](C(=O)O)N1C(=O)CCC1=O. The van der Waals surface area contributed by atoms with Gasteiger partial charge in [-0.2, -0.15) is 0 Å². The van der Waals surface area contributed by atoms with Crippen molar-refractivity contribution in [2.45, 2.75) is 25.8 Å². The Labute approximate surface area is 96.0 Å². The average molecular weight is 245 g/mol. The van der Waals surface area contributed by atoms with E-state index in [0.717, 1.165) is 16.7 Å². The Balaban J connectivity index is 2.76. The number of hydrogen-bond acceptors (Lipinski definition) is 5. The standard InChI is InChI=1S/C9H11NO5S/c1-5(11)16-4-6(9(14)15)10-7(12)2-3-8(10)13/h6H,2-4H2,1H3,(H,14,15)/t6-/m1/s1. The van der Waals surface area contributed by atoms with Crippen LogP contribution in [0, 0.1) is 0 Å². The lowest BCUT2D eigenvalue weighted by atomic mass is 10.3. The summed E-state index contributed by atoms with van der Waals surface area (Å²) in [5, 5.41) is 8.67. The van der Waals surface area contributed by atoms with Gasteiger partial charge in [-0.1, -0.05) is 11.8 Å². The van der Waals surface area contributed by atoms with Crippen LogP contribution in [0.3, 0.4) is 0 Å². The zero-order chi connectivity index (χ0) is 12.3. The summed E-state index contributed by atoms with van der Waals surface area (Å²) < 4.78 is 0. The number of likely N-dealkylation sites (tertiary alicyclic amines) is 1. The van der Waals surface area contributed by atoms with Crippen molar-refractivity contribution in [1.29, 1.82) is 0 Å². The molecule has 7 heteroatoms. The summed E-state index contributed by atoms with van der Waals surface area (Å²) in [6.07, 6.45) is 0.0979. The van der Waals surface area contributed by atoms with Gasteiger partial charge in [0.15, 0.2) is 5.12 Å². The largest absolute Gasteiger partial charge is 0.480 e. The molecule has 0 aromatic heterocycles. The summed E-state index contributed by atoms with van der Waals surface area (Å²) in [5.41, 5.74) is 0. The van der Waals surface area contributed by atoms with Crippen molar-refractivity contribution in [2.75, 3.05) is 5.75 Å². The first-order chi connectivity index (χ1) is 7.43. The minimum absolute atomic E-state index is 0.0490. The molecule has 0 aliphatic carbocycles. The molecule has 88 valence electrons. The number of nitrogens with zero attached hydrogens (tertiary/aromatic N) is 1. The number of carbonyl (C=O) groups excluding carboxylic acids is 3. The molecule has 0 saturated carbocycles. The number of aliphatic carboxylic acids is 1. The zero-order valence-corrected chi connectivity index (χ0v) is 9.45. The van der Waals surface area contributed by atoms with Gasteiger partial charge in [-0.25, -0.2) is 4.79 Å². The van der Waals surface area contributed by atoms with Crippen LogP contribution in [-0.2, 0) is 19.2 Å². The second kappa shape index (κ2) is 5.11. The molecule has 1 N–H and O–H groups in total. The van der Waals surface area contributed by atoms with E-state index in [1.807, 2.05) is 0 Å². The molecule has 1 heterocycles. The fraction of sp³-hybridized carbons (Fsp3) is 0.556. The summed E-state index contributed by atoms with van der Waals surface area (Å²) in [4.78, 5) is 45.0. The van der Waals surface area contributed by atoms with Crippen LogP contribution in [0.4, 0.5) is 0 Å². The number of amides is 2. The van der Waals surface area contributed by atoms with Crippen LogP contribution in [0.15, 0.2) is 0 Å². The monoisotopic (exact) mass is 245 g/mol. The molecule has 1 aliphatic heterocycles. The Morgan fingerprint density at radius 1 is 1.38 bits per heavy atom. The Morgan fingerprint density at radius 3 is 2.25 bits per heavy atom. The number of thioether (sulfide) groups is 1. The number of carbonyl (C=O) groups is 4. The van der Waals surface area contributed by atoms with Gasteiger partial charge in [0.05, 0.1) is 0 Å². The average Bonchev–Trinajstić information content (AvgIpc) is 2.48. The third-order valence-corrected chi connectivity index (χ3v) is 3.02. The van der Waals surface area contributed by atoms with E-state index >= 15 is 0 Å². The fourth-order valence-electron chi connectivity index (χ4n) is 1.39. The van der Waals surface area contributed by atoms with E-state index in [1.165, 1.54) is 6.92 Å². The summed E-state index contributed by atoms with van der Waals surface area (Å²) in [6, 6.07) is -1.24. The van der Waals surface area contributed by atoms with Crippen LogP contribution in [0.25, 0.3) is 0 Å². The third kappa shape index (κ3) is 2.82. The van der Waals surface area contributed by atoms with Crippen LogP contribution in [0.2, 0.25) is 0 Å². The van der Waals surface area contributed by atoms with Crippen LogP contribution < -0.4 is 0 Å². The van der Waals surface area contributed by atoms with Gasteiger partial charge in [-0.3, -0.25) is 19.3 Å². The third-order valence-electron chi connectivity index (χ3n) is 2.13. The lowest BCUT2D eigenvalue weighted by Gasteiger charge is -2.21. The van der Waals surface area contributed by atoms with E-state index in [-0.39, 0.29) is 23.7 Å². The van der Waals surface area contributed by atoms with Gasteiger partial charge in [-0.05, 0) is 0 Å². The molecule has 1 rings (SSSR count). The second-order valence-electron chi connectivity index (χ2n) is 3.31. The molecule has 1 fully saturated rings. The van der Waals surface area contributed by atoms with E-state index in [0.29, 0.717) is 0 Å². The van der Waals surface area contributed by atoms with Crippen molar-refractivity contribution in [2.24, 2.45) is 0 Å². The summed E-state index contributed by atoms with van der Waals surface area (Å²) in [7, 11) is 0. The Morgan fingerprint density at radius 2 is 1.88 bits per heavy atom. The van der Waals surface area contributed by atoms with E-state index in [1.54, 1.807) is 0 Å². The number of imide groups is 1. The lowest BCUT2D eigenvalue weighted by molar-refractivity contribution is -0.153. The van der Waals surface area contributed by atoms with Crippen molar-refractivity contribution >= 4 is 34.7 Å². The molecule has 16 heavy (non-hydrogen) atoms. The van der Waals surface area contributed by atoms with Crippen LogP contribution in [-0.4, -0.2) is 44.7 Å². The maximum Gasteiger partial charge on any atom is 0.327 e. The van der Waals surface area contributed by atoms with Crippen molar-refractivity contribution in [3.63, 3.8) is 0 Å². The molecule has 0 bridgehead atoms. The van der Waals surface area contributed by atoms with Crippen LogP contribution >= 0.6 is 11.8 Å². The highest BCUT2D eigenvalue weighted by atomic mass is 32.2. The highest BCUT2D eigenvalue weighted by Gasteiger charge is 2.38. The van der Waals surface area contributed by atoms with E-state index in [2.05, 4.69) is 0 Å². The Bertz CT molecular complexity index is 338. The van der Waals surface area contributed by atoms with Gasteiger partial charge in [0.1, 0.15) is 6.04 Å². The van der Waals surface area contributed by atoms with Gasteiger partial charge in [0, 0.05) is 25.5 Å². The topological polar surface area (TPSA) is 91.8 Å². The van der Waals surface area contributed by atoms with Crippen molar-refractivity contribution < 1.29 is 24.3 Å². The molecular formula is C9H11NO5S. The number of hydrogen-bond donors (Lipinski definition) is 1. The van der Waals surface area contributed by atoms with Crippen molar-refractivity contribution in [3.8, 4) is 0 Å². The lowest BCUT2D eigenvalue weighted by Crippen LogP contribution is -2.46. The van der Waals surface area contributed by atoms with Crippen LogP contribution in [0.1, 0.15) is 19.8 Å². The number of carboxylic acids is 1. The first-order valence-corrected chi connectivity index (χ1v) is 5.63. The molecule has 6 nitrogen and oxygen atoms in total. The van der Waals surface area contributed by atoms with Gasteiger partial charge in [-0.15, -0.1) is 0 Å². The molecule has 1 saturated heterocycles. The van der Waals surface area contributed by atoms with Gasteiger partial charge >= 0.3 is 5.97 Å². The van der Waals surface area contributed by atoms with Crippen molar-refractivity contribution in [3.05, 3.63) is 0 Å². The van der Waals surface area contributed by atoms with Crippen molar-refractivity contribution in [1.82, 2.24) is 4.90 Å². The molecule has 1 aliphatic rings. The maximum absolute atomic E-state index is 11.3.